The van der Waals surface area contributed by atoms with E-state index in [9.17, 15) is 4.79 Å². The molecule has 0 unspecified atom stereocenters. The average Bonchev–Trinajstić information content (AvgIpc) is 2.85. The number of nitrogens with zero attached hydrogens (tertiary/aromatic N) is 1. The summed E-state index contributed by atoms with van der Waals surface area (Å²) >= 11 is 0. The van der Waals surface area contributed by atoms with Crippen LogP contribution in [0.25, 0.3) is 0 Å². The van der Waals surface area contributed by atoms with E-state index in [1.807, 2.05) is 6.92 Å². The molecule has 1 aromatic rings. The van der Waals surface area contributed by atoms with Crippen LogP contribution < -0.4 is 14.8 Å². The lowest BCUT2D eigenvalue weighted by Crippen LogP contribution is -2.29. The Bertz CT molecular complexity index is 499. The average molecular weight is 264 g/mol. The third-order valence-electron chi connectivity index (χ3n) is 2.69. The summed E-state index contributed by atoms with van der Waals surface area (Å²) in [6, 6.07) is 5.14. The minimum atomic E-state index is -0.152. The summed E-state index contributed by atoms with van der Waals surface area (Å²) < 4.78 is 10.7. The Labute approximate surface area is 111 Å². The van der Waals surface area contributed by atoms with Gasteiger partial charge in [-0.15, -0.1) is 0 Å². The van der Waals surface area contributed by atoms with Gasteiger partial charge in [0.2, 0.25) is 0 Å². The first-order valence-corrected chi connectivity index (χ1v) is 6.12. The summed E-state index contributed by atoms with van der Waals surface area (Å²) in [4.78, 5) is 11.4. The second-order valence-corrected chi connectivity index (χ2v) is 4.13. The van der Waals surface area contributed by atoms with Crippen LogP contribution in [-0.4, -0.2) is 36.6 Å². The van der Waals surface area contributed by atoms with Crippen molar-refractivity contribution in [1.29, 1.82) is 0 Å². The van der Waals surface area contributed by atoms with Gasteiger partial charge in [0.1, 0.15) is 23.8 Å². The van der Waals surface area contributed by atoms with E-state index in [4.69, 9.17) is 14.7 Å². The summed E-state index contributed by atoms with van der Waals surface area (Å²) in [5.74, 6) is 0.990. The Morgan fingerprint density at radius 2 is 2.42 bits per heavy atom. The molecule has 2 N–H and O–H groups in total. The third kappa shape index (κ3) is 3.15. The number of fused-ring (bicyclic) bond motifs is 1. The molecule has 6 nitrogen and oxygen atoms in total. The van der Waals surface area contributed by atoms with Crippen LogP contribution in [0.5, 0.6) is 11.5 Å². The van der Waals surface area contributed by atoms with Crippen molar-refractivity contribution < 1.29 is 19.5 Å². The van der Waals surface area contributed by atoms with Crippen molar-refractivity contribution >= 4 is 11.6 Å². The van der Waals surface area contributed by atoms with E-state index in [-0.39, 0.29) is 19.1 Å². The smallest absolute Gasteiger partial charge is 0.257 e. The molecule has 0 bridgehead atoms. The second kappa shape index (κ2) is 6.08. The molecule has 0 radical (unpaired) electrons. The van der Waals surface area contributed by atoms with E-state index in [2.05, 4.69) is 10.5 Å². The molecular weight excluding hydrogens is 248 g/mol. The summed E-state index contributed by atoms with van der Waals surface area (Å²) in [5.41, 5.74) is 1.23. The number of hydrogen-bond acceptors (Lipinski definition) is 5. The topological polar surface area (TPSA) is 80.2 Å². The van der Waals surface area contributed by atoms with Gasteiger partial charge in [-0.3, -0.25) is 4.79 Å². The number of amides is 1. The van der Waals surface area contributed by atoms with Crippen molar-refractivity contribution in [2.75, 3.05) is 19.8 Å². The summed E-state index contributed by atoms with van der Waals surface area (Å²) in [6.07, 6.45) is 0.891. The van der Waals surface area contributed by atoms with Gasteiger partial charge in [-0.05, 0) is 18.6 Å². The van der Waals surface area contributed by atoms with Crippen LogP contribution in [-0.2, 0) is 4.79 Å². The first-order valence-electron chi connectivity index (χ1n) is 6.12. The zero-order valence-electron chi connectivity index (χ0n) is 10.7. The molecule has 1 amide bonds. The number of ether oxygens (including phenoxy) is 2. The van der Waals surface area contributed by atoms with Crippen LogP contribution >= 0.6 is 0 Å². The fourth-order valence-corrected chi connectivity index (χ4v) is 1.72. The predicted molar refractivity (Wildman–Crippen MR) is 69.1 cm³/mol. The monoisotopic (exact) mass is 264 g/mol. The molecular formula is C13H16N2O4. The maximum absolute atomic E-state index is 11.4. The fourth-order valence-electron chi connectivity index (χ4n) is 1.72. The zero-order valence-corrected chi connectivity index (χ0v) is 10.7. The maximum Gasteiger partial charge on any atom is 0.257 e. The van der Waals surface area contributed by atoms with E-state index in [1.165, 1.54) is 0 Å². The normalized spacial score (nSPS) is 14.9. The number of carbonyl (C=O) groups is 1. The van der Waals surface area contributed by atoms with Crippen molar-refractivity contribution in [3.8, 4) is 11.5 Å². The van der Waals surface area contributed by atoms with Gasteiger partial charge in [-0.1, -0.05) is 12.1 Å². The van der Waals surface area contributed by atoms with E-state index in [0.717, 1.165) is 12.0 Å². The number of carbonyl (C=O) groups excluding carboxylic acids is 1. The van der Waals surface area contributed by atoms with Gasteiger partial charge in [-0.2, -0.15) is 0 Å². The molecule has 1 aliphatic rings. The molecule has 0 saturated heterocycles. The predicted octanol–water partition coefficient (Wildman–Crippen LogP) is 1.16. The standard InChI is InChI=1S/C13H16N2O4/c1-2-5-14-13(16)8-18-9-3-4-10-11(15-17)7-19-12(10)6-9/h3-4,6,17H,2,5,7-8H2,1H3,(H,14,16). The minimum Gasteiger partial charge on any atom is -0.486 e. The van der Waals surface area contributed by atoms with Crippen molar-refractivity contribution in [3.63, 3.8) is 0 Å². The maximum atomic E-state index is 11.4. The molecule has 6 heteroatoms. The van der Waals surface area contributed by atoms with E-state index < -0.39 is 0 Å². The number of benzene rings is 1. The third-order valence-corrected chi connectivity index (χ3v) is 2.69. The van der Waals surface area contributed by atoms with E-state index >= 15 is 0 Å². The lowest BCUT2D eigenvalue weighted by molar-refractivity contribution is -0.123. The summed E-state index contributed by atoms with van der Waals surface area (Å²) in [7, 11) is 0. The molecule has 0 fully saturated rings. The highest BCUT2D eigenvalue weighted by Gasteiger charge is 2.20. The van der Waals surface area contributed by atoms with Crippen molar-refractivity contribution in [3.05, 3.63) is 23.8 Å². The van der Waals surface area contributed by atoms with Gasteiger partial charge < -0.3 is 20.0 Å². The van der Waals surface area contributed by atoms with E-state index in [0.29, 0.717) is 23.8 Å². The molecule has 2 rings (SSSR count). The molecule has 1 aromatic carbocycles. The van der Waals surface area contributed by atoms with Gasteiger partial charge in [0.25, 0.3) is 5.91 Å². The first-order chi connectivity index (χ1) is 9.24. The Balaban J connectivity index is 1.95. The molecule has 1 heterocycles. The largest absolute Gasteiger partial charge is 0.486 e. The number of rotatable bonds is 5. The van der Waals surface area contributed by atoms with Gasteiger partial charge >= 0.3 is 0 Å². The zero-order chi connectivity index (χ0) is 13.7. The number of oxime groups is 1. The van der Waals surface area contributed by atoms with Crippen LogP contribution in [0.4, 0.5) is 0 Å². The Hall–Kier alpha value is -2.24. The van der Waals surface area contributed by atoms with Crippen molar-refractivity contribution in [1.82, 2.24) is 5.32 Å². The summed E-state index contributed by atoms with van der Waals surface area (Å²) in [6.45, 7) is 2.84. The molecule has 102 valence electrons. The molecule has 0 aliphatic carbocycles. The van der Waals surface area contributed by atoms with Crippen LogP contribution in [0.3, 0.4) is 0 Å². The number of hydrogen-bond donors (Lipinski definition) is 2. The lowest BCUT2D eigenvalue weighted by Gasteiger charge is -2.07. The molecule has 0 spiro atoms. The quantitative estimate of drug-likeness (QED) is 0.618. The second-order valence-electron chi connectivity index (χ2n) is 4.13. The Kier molecular flexibility index (Phi) is 4.22. The highest BCUT2D eigenvalue weighted by molar-refractivity contribution is 6.06. The Morgan fingerprint density at radius 1 is 1.58 bits per heavy atom. The van der Waals surface area contributed by atoms with E-state index in [1.54, 1.807) is 18.2 Å². The first kappa shape index (κ1) is 13.2. The molecule has 0 saturated carbocycles. The van der Waals surface area contributed by atoms with Crippen LogP contribution in [0.15, 0.2) is 23.4 Å². The van der Waals surface area contributed by atoms with Crippen LogP contribution in [0.1, 0.15) is 18.9 Å². The summed E-state index contributed by atoms with van der Waals surface area (Å²) in [5, 5.41) is 14.6. The lowest BCUT2D eigenvalue weighted by atomic mass is 10.1. The minimum absolute atomic E-state index is 0.0280. The SMILES string of the molecule is CCCNC(=O)COc1ccc2c(c1)OCC2=NO. The van der Waals surface area contributed by atoms with Crippen LogP contribution in [0, 0.1) is 0 Å². The molecule has 0 aromatic heterocycles. The molecule has 1 aliphatic heterocycles. The van der Waals surface area contributed by atoms with Gasteiger partial charge in [0, 0.05) is 18.2 Å². The molecule has 0 atom stereocenters. The number of nitrogens with one attached hydrogen (secondary N) is 1. The van der Waals surface area contributed by atoms with Crippen molar-refractivity contribution in [2.45, 2.75) is 13.3 Å². The van der Waals surface area contributed by atoms with Gasteiger partial charge in [0.05, 0.1) is 0 Å². The highest BCUT2D eigenvalue weighted by atomic mass is 16.5. The Morgan fingerprint density at radius 3 is 3.16 bits per heavy atom. The fraction of sp³-hybridized carbons (Fsp3) is 0.385. The highest BCUT2D eigenvalue weighted by Crippen LogP contribution is 2.29. The van der Waals surface area contributed by atoms with Gasteiger partial charge in [0.15, 0.2) is 6.61 Å². The molecule has 19 heavy (non-hydrogen) atoms. The van der Waals surface area contributed by atoms with Crippen LogP contribution in [0.2, 0.25) is 0 Å². The van der Waals surface area contributed by atoms with Gasteiger partial charge in [-0.25, -0.2) is 0 Å². The van der Waals surface area contributed by atoms with Crippen molar-refractivity contribution in [2.24, 2.45) is 5.16 Å².